The second-order valence-electron chi connectivity index (χ2n) is 10.7. The number of hydrogen-bond acceptors (Lipinski definition) is 5. The van der Waals surface area contributed by atoms with Crippen LogP contribution >= 0.6 is 11.3 Å². The van der Waals surface area contributed by atoms with E-state index in [1.165, 1.54) is 23.5 Å². The molecule has 2 aromatic carbocycles. The third-order valence-corrected chi connectivity index (χ3v) is 8.48. The van der Waals surface area contributed by atoms with Crippen molar-refractivity contribution in [3.8, 4) is 28.1 Å². The number of carboxylic acid groups (broad SMARTS) is 1. The summed E-state index contributed by atoms with van der Waals surface area (Å²) in [5.41, 5.74) is 5.21. The van der Waals surface area contributed by atoms with Crippen molar-refractivity contribution in [3.05, 3.63) is 81.9 Å². The first-order valence-corrected chi connectivity index (χ1v) is 14.6. The number of thiazole rings is 1. The number of aromatic carboxylic acids is 1. The van der Waals surface area contributed by atoms with E-state index >= 15 is 0 Å². The van der Waals surface area contributed by atoms with Crippen LogP contribution in [0.3, 0.4) is 0 Å². The highest BCUT2D eigenvalue weighted by Crippen LogP contribution is 2.45. The minimum atomic E-state index is -1.14. The fourth-order valence-corrected chi connectivity index (χ4v) is 6.40. The van der Waals surface area contributed by atoms with Gasteiger partial charge >= 0.3 is 5.97 Å². The van der Waals surface area contributed by atoms with Gasteiger partial charge < -0.3 is 29.7 Å². The Bertz CT molecular complexity index is 2010. The van der Waals surface area contributed by atoms with E-state index in [0.29, 0.717) is 45.7 Å². The zero-order valence-electron chi connectivity index (χ0n) is 24.0. The third kappa shape index (κ3) is 5.16. The molecule has 0 saturated carbocycles. The largest absolute Gasteiger partial charge is 0.497 e. The summed E-state index contributed by atoms with van der Waals surface area (Å²) in [5, 5.41) is 17.6. The number of nitrogens with zero attached hydrogens (tertiary/aromatic N) is 2. The molecule has 43 heavy (non-hydrogen) atoms. The summed E-state index contributed by atoms with van der Waals surface area (Å²) >= 11 is 1.49. The lowest BCUT2D eigenvalue weighted by Crippen LogP contribution is -2.26. The smallest absolute Gasteiger partial charge is 0.352 e. The van der Waals surface area contributed by atoms with Crippen LogP contribution in [0.2, 0.25) is 0 Å². The molecule has 0 atom stereocenters. The molecule has 0 aliphatic carbocycles. The number of benzene rings is 2. The Hall–Kier alpha value is -4.90. The number of ether oxygens (including phenoxy) is 1. The molecule has 1 amide bonds. The van der Waals surface area contributed by atoms with Gasteiger partial charge in [0, 0.05) is 57.0 Å². The van der Waals surface area contributed by atoms with Crippen LogP contribution in [0.1, 0.15) is 46.5 Å². The molecular weight excluding hydrogens is 569 g/mol. The number of aryl methyl sites for hydroxylation is 1. The van der Waals surface area contributed by atoms with Crippen LogP contribution in [0.25, 0.3) is 44.2 Å². The standard InChI is InChI=1S/C32H30FN5O4S/c1-16(2)28-29(31(32(40)41)37-30(28)23-9-18(33)10-24-20(23)5-7-34-24)22-11-19(42-4)12-25-21(22)6-8-38(25)14-26(39)35-13-27-36-17(3)15-43-27/h5-12,15-16,34,37H,13-14H2,1-4H3,(H,35,39)(H,40,41). The van der Waals surface area contributed by atoms with Crippen molar-refractivity contribution in [2.45, 2.75) is 39.8 Å². The highest BCUT2D eigenvalue weighted by Gasteiger charge is 2.29. The van der Waals surface area contributed by atoms with Crippen LogP contribution in [0.15, 0.2) is 54.2 Å². The maximum absolute atomic E-state index is 14.7. The number of hydrogen-bond donors (Lipinski definition) is 4. The van der Waals surface area contributed by atoms with Gasteiger partial charge in [-0.25, -0.2) is 14.2 Å². The second-order valence-corrected chi connectivity index (χ2v) is 11.7. The number of nitrogens with one attached hydrogen (secondary N) is 3. The summed E-state index contributed by atoms with van der Waals surface area (Å²) in [5.74, 6) is -1.38. The quantitative estimate of drug-likeness (QED) is 0.145. The predicted octanol–water partition coefficient (Wildman–Crippen LogP) is 6.84. The summed E-state index contributed by atoms with van der Waals surface area (Å²) in [6.45, 7) is 6.26. The van der Waals surface area contributed by atoms with Crippen molar-refractivity contribution in [2.75, 3.05) is 7.11 Å². The first-order valence-electron chi connectivity index (χ1n) is 13.8. The first kappa shape index (κ1) is 28.2. The number of halogens is 1. The van der Waals surface area contributed by atoms with Gasteiger partial charge in [0.05, 0.1) is 24.9 Å². The van der Waals surface area contributed by atoms with E-state index in [0.717, 1.165) is 27.0 Å². The number of amides is 1. The number of aromatic amines is 2. The molecule has 4 aromatic heterocycles. The zero-order chi connectivity index (χ0) is 30.4. The third-order valence-electron chi connectivity index (χ3n) is 7.52. The van der Waals surface area contributed by atoms with Gasteiger partial charge in [0.2, 0.25) is 5.91 Å². The van der Waals surface area contributed by atoms with Crippen LogP contribution in [-0.2, 0) is 17.9 Å². The molecule has 9 nitrogen and oxygen atoms in total. The molecule has 11 heteroatoms. The highest BCUT2D eigenvalue weighted by molar-refractivity contribution is 7.09. The van der Waals surface area contributed by atoms with Crippen LogP contribution < -0.4 is 10.1 Å². The summed E-state index contributed by atoms with van der Waals surface area (Å²) in [6.07, 6.45) is 3.53. The molecule has 0 spiro atoms. The summed E-state index contributed by atoms with van der Waals surface area (Å²) in [6, 6.07) is 10.2. The first-order chi connectivity index (χ1) is 20.6. The molecule has 0 fully saturated rings. The van der Waals surface area contributed by atoms with E-state index in [1.54, 1.807) is 25.6 Å². The molecule has 4 N–H and O–H groups in total. The topological polar surface area (TPSA) is 125 Å². The van der Waals surface area contributed by atoms with Crippen molar-refractivity contribution in [1.29, 1.82) is 0 Å². The van der Waals surface area contributed by atoms with Crippen molar-refractivity contribution in [3.63, 3.8) is 0 Å². The van der Waals surface area contributed by atoms with Crippen molar-refractivity contribution < 1.29 is 23.8 Å². The van der Waals surface area contributed by atoms with Crippen LogP contribution in [0.4, 0.5) is 4.39 Å². The summed E-state index contributed by atoms with van der Waals surface area (Å²) in [7, 11) is 1.54. The normalized spacial score (nSPS) is 11.6. The molecule has 0 radical (unpaired) electrons. The lowest BCUT2D eigenvalue weighted by Gasteiger charge is -2.15. The van der Waals surface area contributed by atoms with E-state index in [2.05, 4.69) is 20.3 Å². The van der Waals surface area contributed by atoms with Gasteiger partial charge in [0.1, 0.15) is 28.8 Å². The summed E-state index contributed by atoms with van der Waals surface area (Å²) < 4.78 is 22.2. The lowest BCUT2D eigenvalue weighted by atomic mass is 9.89. The second kappa shape index (κ2) is 11.1. The number of fused-ring (bicyclic) bond motifs is 2. The van der Waals surface area contributed by atoms with Gasteiger partial charge in [0.25, 0.3) is 0 Å². The number of carbonyl (C=O) groups is 2. The van der Waals surface area contributed by atoms with Crippen molar-refractivity contribution >= 4 is 45.0 Å². The average Bonchev–Trinajstić information content (AvgIpc) is 3.76. The maximum atomic E-state index is 14.7. The van der Waals surface area contributed by atoms with Gasteiger partial charge in [-0.05, 0) is 54.3 Å². The highest BCUT2D eigenvalue weighted by atomic mass is 32.1. The Morgan fingerprint density at radius 2 is 1.98 bits per heavy atom. The summed E-state index contributed by atoms with van der Waals surface area (Å²) in [4.78, 5) is 36.2. The zero-order valence-corrected chi connectivity index (χ0v) is 24.9. The van der Waals surface area contributed by atoms with Crippen LogP contribution in [0.5, 0.6) is 5.75 Å². The molecule has 0 unspecified atom stereocenters. The molecular formula is C32H30FN5O4S. The molecule has 0 aliphatic rings. The van der Waals surface area contributed by atoms with Gasteiger partial charge in [-0.15, -0.1) is 11.3 Å². The van der Waals surface area contributed by atoms with Crippen LogP contribution in [0, 0.1) is 12.7 Å². The molecule has 4 heterocycles. The Balaban J connectivity index is 1.49. The number of carbonyl (C=O) groups excluding carboxylic acids is 1. The number of methoxy groups -OCH3 is 1. The SMILES string of the molecule is COc1cc(-c2c(C(=O)O)[nH]c(-c3cc(F)cc4[nH]ccc34)c2C(C)C)c2ccn(CC(=O)NCc3nc(C)cs3)c2c1. The lowest BCUT2D eigenvalue weighted by molar-refractivity contribution is -0.121. The molecule has 6 aromatic rings. The Morgan fingerprint density at radius 1 is 1.16 bits per heavy atom. The van der Waals surface area contributed by atoms with E-state index in [4.69, 9.17) is 4.74 Å². The monoisotopic (exact) mass is 599 g/mol. The Kier molecular flexibility index (Phi) is 7.26. The molecule has 0 bridgehead atoms. The van der Waals surface area contributed by atoms with Gasteiger partial charge in [0.15, 0.2) is 0 Å². The van der Waals surface area contributed by atoms with Crippen molar-refractivity contribution in [2.24, 2.45) is 0 Å². The minimum Gasteiger partial charge on any atom is -0.497 e. The number of aromatic nitrogens is 4. The molecule has 0 saturated heterocycles. The predicted molar refractivity (Wildman–Crippen MR) is 165 cm³/mol. The number of rotatable bonds is 9. The number of H-pyrrole nitrogens is 2. The van der Waals surface area contributed by atoms with Gasteiger partial charge in [-0.1, -0.05) is 13.8 Å². The van der Waals surface area contributed by atoms with Gasteiger partial charge in [-0.3, -0.25) is 4.79 Å². The molecule has 0 aliphatic heterocycles. The fraction of sp³-hybridized carbons (Fsp3) is 0.219. The van der Waals surface area contributed by atoms with Crippen molar-refractivity contribution in [1.82, 2.24) is 24.8 Å². The van der Waals surface area contributed by atoms with E-state index in [1.807, 2.05) is 48.9 Å². The maximum Gasteiger partial charge on any atom is 0.352 e. The van der Waals surface area contributed by atoms with Crippen LogP contribution in [-0.4, -0.2) is 43.6 Å². The molecule has 220 valence electrons. The Labute approximate surface area is 250 Å². The van der Waals surface area contributed by atoms with E-state index in [9.17, 15) is 19.1 Å². The average molecular weight is 600 g/mol. The minimum absolute atomic E-state index is 0.00886. The molecule has 6 rings (SSSR count). The van der Waals surface area contributed by atoms with E-state index < -0.39 is 11.8 Å². The Morgan fingerprint density at radius 3 is 2.67 bits per heavy atom. The number of carboxylic acids is 1. The fourth-order valence-electron chi connectivity index (χ4n) is 5.68. The van der Waals surface area contributed by atoms with E-state index in [-0.39, 0.29) is 24.1 Å². The van der Waals surface area contributed by atoms with Gasteiger partial charge in [-0.2, -0.15) is 0 Å².